The summed E-state index contributed by atoms with van der Waals surface area (Å²) in [5, 5.41) is 0. The highest BCUT2D eigenvalue weighted by molar-refractivity contribution is 5.71. The van der Waals surface area contributed by atoms with Crippen molar-refractivity contribution >= 4 is 6.29 Å². The quantitative estimate of drug-likeness (QED) is 0.634. The van der Waals surface area contributed by atoms with Gasteiger partial charge in [0.1, 0.15) is 5.69 Å². The second-order valence-corrected chi connectivity index (χ2v) is 2.25. The van der Waals surface area contributed by atoms with Crippen LogP contribution in [0.15, 0.2) is 18.3 Å². The van der Waals surface area contributed by atoms with Crippen LogP contribution in [0, 0.1) is 0 Å². The van der Waals surface area contributed by atoms with Gasteiger partial charge in [-0.1, -0.05) is 0 Å². The summed E-state index contributed by atoms with van der Waals surface area (Å²) in [7, 11) is 0. The Morgan fingerprint density at radius 2 is 2.45 bits per heavy atom. The Hall–Kier alpha value is -1.22. The third-order valence-electron chi connectivity index (χ3n) is 1.40. The SMILES string of the molecule is NCCc1ccnc(C=O)c1. The lowest BCUT2D eigenvalue weighted by Gasteiger charge is -1.96. The van der Waals surface area contributed by atoms with E-state index in [9.17, 15) is 4.79 Å². The van der Waals surface area contributed by atoms with Crippen LogP contribution in [0.3, 0.4) is 0 Å². The van der Waals surface area contributed by atoms with Gasteiger partial charge in [-0.2, -0.15) is 0 Å². The van der Waals surface area contributed by atoms with Gasteiger partial charge in [0.15, 0.2) is 6.29 Å². The third-order valence-corrected chi connectivity index (χ3v) is 1.40. The molecule has 1 aromatic heterocycles. The number of nitrogens with two attached hydrogens (primary N) is 1. The second kappa shape index (κ2) is 3.83. The van der Waals surface area contributed by atoms with Crippen molar-refractivity contribution in [1.82, 2.24) is 4.98 Å². The van der Waals surface area contributed by atoms with Crippen LogP contribution in [0.25, 0.3) is 0 Å². The summed E-state index contributed by atoms with van der Waals surface area (Å²) < 4.78 is 0. The summed E-state index contributed by atoms with van der Waals surface area (Å²) in [5.74, 6) is 0. The van der Waals surface area contributed by atoms with Crippen molar-refractivity contribution in [3.05, 3.63) is 29.6 Å². The highest BCUT2D eigenvalue weighted by Crippen LogP contribution is 1.99. The van der Waals surface area contributed by atoms with Gasteiger partial charge in [0, 0.05) is 6.20 Å². The summed E-state index contributed by atoms with van der Waals surface area (Å²) in [6, 6.07) is 3.61. The molecule has 1 rings (SSSR count). The number of hydrogen-bond acceptors (Lipinski definition) is 3. The van der Waals surface area contributed by atoms with Gasteiger partial charge in [0.2, 0.25) is 0 Å². The second-order valence-electron chi connectivity index (χ2n) is 2.25. The Bertz CT molecular complexity index is 248. The summed E-state index contributed by atoms with van der Waals surface area (Å²) in [6.45, 7) is 0.600. The third kappa shape index (κ3) is 2.13. The van der Waals surface area contributed by atoms with Crippen molar-refractivity contribution in [2.75, 3.05) is 6.54 Å². The molecule has 0 aliphatic carbocycles. The molecule has 0 atom stereocenters. The molecule has 0 saturated heterocycles. The molecule has 0 aliphatic heterocycles. The van der Waals surface area contributed by atoms with Gasteiger partial charge in [-0.3, -0.25) is 9.78 Å². The Morgan fingerprint density at radius 3 is 3.09 bits per heavy atom. The molecule has 0 bridgehead atoms. The van der Waals surface area contributed by atoms with Crippen LogP contribution in [0.5, 0.6) is 0 Å². The maximum absolute atomic E-state index is 10.3. The van der Waals surface area contributed by atoms with Crippen molar-refractivity contribution in [3.63, 3.8) is 0 Å². The lowest BCUT2D eigenvalue weighted by atomic mass is 10.2. The molecule has 11 heavy (non-hydrogen) atoms. The zero-order valence-electron chi connectivity index (χ0n) is 6.16. The minimum Gasteiger partial charge on any atom is -0.330 e. The molecule has 1 aromatic rings. The van der Waals surface area contributed by atoms with Gasteiger partial charge in [0.05, 0.1) is 0 Å². The zero-order chi connectivity index (χ0) is 8.10. The van der Waals surface area contributed by atoms with Crippen LogP contribution in [-0.4, -0.2) is 17.8 Å². The summed E-state index contributed by atoms with van der Waals surface area (Å²) in [6.07, 6.45) is 3.15. The number of pyridine rings is 1. The number of rotatable bonds is 3. The smallest absolute Gasteiger partial charge is 0.168 e. The molecule has 0 aromatic carbocycles. The van der Waals surface area contributed by atoms with E-state index in [-0.39, 0.29) is 0 Å². The standard InChI is InChI=1S/C8H10N2O/c9-3-1-7-2-4-10-8(5-7)6-11/h2,4-6H,1,3,9H2. The monoisotopic (exact) mass is 150 g/mol. The van der Waals surface area contributed by atoms with E-state index in [4.69, 9.17) is 5.73 Å². The average Bonchev–Trinajstić information content (AvgIpc) is 2.06. The van der Waals surface area contributed by atoms with Crippen LogP contribution in [0.1, 0.15) is 16.1 Å². The van der Waals surface area contributed by atoms with Gasteiger partial charge in [0.25, 0.3) is 0 Å². The minimum atomic E-state index is 0.468. The van der Waals surface area contributed by atoms with Crippen LogP contribution < -0.4 is 5.73 Å². The van der Waals surface area contributed by atoms with Gasteiger partial charge < -0.3 is 5.73 Å². The van der Waals surface area contributed by atoms with E-state index in [1.807, 2.05) is 6.07 Å². The number of aromatic nitrogens is 1. The van der Waals surface area contributed by atoms with Crippen molar-refractivity contribution in [1.29, 1.82) is 0 Å². The van der Waals surface area contributed by atoms with E-state index in [2.05, 4.69) is 4.98 Å². The largest absolute Gasteiger partial charge is 0.330 e. The predicted molar refractivity (Wildman–Crippen MR) is 42.4 cm³/mol. The van der Waals surface area contributed by atoms with Crippen molar-refractivity contribution in [3.8, 4) is 0 Å². The van der Waals surface area contributed by atoms with Crippen molar-refractivity contribution in [2.45, 2.75) is 6.42 Å². The van der Waals surface area contributed by atoms with E-state index in [1.54, 1.807) is 12.3 Å². The van der Waals surface area contributed by atoms with Crippen LogP contribution in [0.4, 0.5) is 0 Å². The molecule has 0 amide bonds. The molecule has 2 N–H and O–H groups in total. The summed E-state index contributed by atoms with van der Waals surface area (Å²) in [5.41, 5.74) is 6.87. The first-order chi connectivity index (χ1) is 5.36. The van der Waals surface area contributed by atoms with E-state index >= 15 is 0 Å². The molecule has 0 radical (unpaired) electrons. The average molecular weight is 150 g/mol. The normalized spacial score (nSPS) is 9.55. The van der Waals surface area contributed by atoms with Gasteiger partial charge in [-0.25, -0.2) is 0 Å². The van der Waals surface area contributed by atoms with Gasteiger partial charge >= 0.3 is 0 Å². The van der Waals surface area contributed by atoms with E-state index in [0.29, 0.717) is 12.2 Å². The number of nitrogens with zero attached hydrogens (tertiary/aromatic N) is 1. The lowest BCUT2D eigenvalue weighted by molar-refractivity contribution is 0.111. The number of carbonyl (C=O) groups excluding carboxylic acids is 1. The first kappa shape index (κ1) is 7.88. The molecule has 3 heteroatoms. The molecule has 0 saturated carbocycles. The Labute approximate surface area is 65.2 Å². The highest BCUT2D eigenvalue weighted by atomic mass is 16.1. The topological polar surface area (TPSA) is 56.0 Å². The Morgan fingerprint density at radius 1 is 1.64 bits per heavy atom. The zero-order valence-corrected chi connectivity index (χ0v) is 6.16. The Kier molecular flexibility index (Phi) is 2.74. The predicted octanol–water partition coefficient (Wildman–Crippen LogP) is 0.395. The van der Waals surface area contributed by atoms with Gasteiger partial charge in [-0.15, -0.1) is 0 Å². The van der Waals surface area contributed by atoms with Crippen molar-refractivity contribution in [2.24, 2.45) is 5.73 Å². The first-order valence-electron chi connectivity index (χ1n) is 3.47. The fraction of sp³-hybridized carbons (Fsp3) is 0.250. The summed E-state index contributed by atoms with van der Waals surface area (Å²) in [4.78, 5) is 14.1. The van der Waals surface area contributed by atoms with Crippen LogP contribution >= 0.6 is 0 Å². The van der Waals surface area contributed by atoms with Gasteiger partial charge in [-0.05, 0) is 30.7 Å². The van der Waals surface area contributed by atoms with Crippen LogP contribution in [0.2, 0.25) is 0 Å². The summed E-state index contributed by atoms with van der Waals surface area (Å²) >= 11 is 0. The number of carbonyl (C=O) groups is 1. The molecule has 3 nitrogen and oxygen atoms in total. The first-order valence-corrected chi connectivity index (χ1v) is 3.47. The number of hydrogen-bond donors (Lipinski definition) is 1. The molecular formula is C8H10N2O. The minimum absolute atomic E-state index is 0.468. The molecule has 1 heterocycles. The molecule has 0 fully saturated rings. The molecule has 0 aliphatic rings. The van der Waals surface area contributed by atoms with E-state index in [1.165, 1.54) is 0 Å². The molecular weight excluding hydrogens is 140 g/mol. The molecule has 58 valence electrons. The maximum Gasteiger partial charge on any atom is 0.168 e. The highest BCUT2D eigenvalue weighted by Gasteiger charge is 1.93. The lowest BCUT2D eigenvalue weighted by Crippen LogP contribution is -2.03. The maximum atomic E-state index is 10.3. The Balaban J connectivity index is 2.82. The molecule has 0 unspecified atom stereocenters. The fourth-order valence-electron chi connectivity index (χ4n) is 0.881. The van der Waals surface area contributed by atoms with E-state index < -0.39 is 0 Å². The fourth-order valence-corrected chi connectivity index (χ4v) is 0.881. The number of aldehydes is 1. The van der Waals surface area contributed by atoms with Crippen molar-refractivity contribution < 1.29 is 4.79 Å². The molecule has 0 spiro atoms. The van der Waals surface area contributed by atoms with E-state index in [0.717, 1.165) is 18.3 Å². The van der Waals surface area contributed by atoms with Crippen LogP contribution in [-0.2, 0) is 6.42 Å².